The molecular formula is C48H50N8O6. The zero-order chi connectivity index (χ0) is 43.1. The number of aryl methyl sites for hydroxylation is 2. The number of aromatic amines is 2. The zero-order valence-electron chi connectivity index (χ0n) is 35.0. The summed E-state index contributed by atoms with van der Waals surface area (Å²) in [4.78, 5) is 71.7. The second-order valence-electron chi connectivity index (χ2n) is 16.8. The fourth-order valence-electron chi connectivity index (χ4n) is 9.44. The van der Waals surface area contributed by atoms with Crippen LogP contribution in [-0.2, 0) is 27.2 Å². The van der Waals surface area contributed by atoms with Crippen LogP contribution in [0.2, 0.25) is 0 Å². The minimum Gasteiger partial charge on any atom is -0.465 e. The Hall–Kier alpha value is -6.96. The van der Waals surface area contributed by atoms with Crippen molar-refractivity contribution in [3.05, 3.63) is 120 Å². The molecule has 2 aliphatic heterocycles. The monoisotopic (exact) mass is 834 g/mol. The van der Waals surface area contributed by atoms with Gasteiger partial charge >= 0.3 is 12.2 Å². The van der Waals surface area contributed by atoms with Crippen LogP contribution in [0.5, 0.6) is 0 Å². The van der Waals surface area contributed by atoms with Gasteiger partial charge in [-0.2, -0.15) is 0 Å². The number of hydrogen-bond donors (Lipinski definition) is 5. The van der Waals surface area contributed by atoms with Crippen molar-refractivity contribution in [1.29, 1.82) is 0 Å². The van der Waals surface area contributed by atoms with E-state index in [0.29, 0.717) is 24.5 Å². The predicted octanol–water partition coefficient (Wildman–Crippen LogP) is 8.10. The summed E-state index contributed by atoms with van der Waals surface area (Å²) < 4.78 is 4.86. The Morgan fingerprint density at radius 1 is 0.774 bits per heavy atom. The molecule has 4 aromatic carbocycles. The Balaban J connectivity index is 0.912. The predicted molar refractivity (Wildman–Crippen MR) is 234 cm³/mol. The van der Waals surface area contributed by atoms with Crippen LogP contribution in [0.1, 0.15) is 86.1 Å². The molecule has 14 nitrogen and oxygen atoms in total. The van der Waals surface area contributed by atoms with Gasteiger partial charge in [0.1, 0.15) is 23.7 Å². The van der Waals surface area contributed by atoms with Gasteiger partial charge in [-0.25, -0.2) is 19.6 Å². The Bertz CT molecular complexity index is 2670. The van der Waals surface area contributed by atoms with Gasteiger partial charge in [-0.05, 0) is 89.6 Å². The largest absolute Gasteiger partial charge is 0.465 e. The molecule has 1 unspecified atom stereocenters. The fourth-order valence-corrected chi connectivity index (χ4v) is 9.44. The minimum atomic E-state index is -1.21. The van der Waals surface area contributed by atoms with Crippen LogP contribution in [0.4, 0.5) is 9.59 Å². The lowest BCUT2D eigenvalue weighted by molar-refractivity contribution is -0.135. The number of carbonyl (C=O) groups excluding carboxylic acids is 3. The minimum absolute atomic E-state index is 0.188. The smallest absolute Gasteiger partial charge is 0.407 e. The van der Waals surface area contributed by atoms with Crippen molar-refractivity contribution < 1.29 is 29.0 Å². The second kappa shape index (κ2) is 16.8. The van der Waals surface area contributed by atoms with Crippen LogP contribution in [0.15, 0.2) is 91.1 Å². The first-order chi connectivity index (χ1) is 30.1. The molecule has 62 heavy (non-hydrogen) atoms. The van der Waals surface area contributed by atoms with Gasteiger partial charge in [0.25, 0.3) is 5.91 Å². The lowest BCUT2D eigenvalue weighted by atomic mass is 9.89. The third kappa shape index (κ3) is 7.76. The van der Waals surface area contributed by atoms with Crippen LogP contribution in [0, 0.1) is 5.92 Å². The molecule has 4 atom stereocenters. The topological polar surface area (TPSA) is 186 Å². The van der Waals surface area contributed by atoms with Gasteiger partial charge in [-0.15, -0.1) is 0 Å². The summed E-state index contributed by atoms with van der Waals surface area (Å²) in [7, 11) is 1.29. The molecule has 0 radical (unpaired) electrons. The summed E-state index contributed by atoms with van der Waals surface area (Å²) in [6.07, 6.45) is 4.73. The number of benzene rings is 4. The van der Waals surface area contributed by atoms with Crippen molar-refractivity contribution in [2.24, 2.45) is 5.92 Å². The zero-order valence-corrected chi connectivity index (χ0v) is 35.0. The maximum atomic E-state index is 14.1. The molecule has 4 heterocycles. The summed E-state index contributed by atoms with van der Waals surface area (Å²) in [5.74, 6) is 0.856. The number of aromatic nitrogens is 4. The maximum absolute atomic E-state index is 14.1. The maximum Gasteiger partial charge on any atom is 0.407 e. The Morgan fingerprint density at radius 2 is 1.44 bits per heavy atom. The Labute approximate surface area is 359 Å². The van der Waals surface area contributed by atoms with E-state index < -0.39 is 24.3 Å². The molecule has 0 bridgehead atoms. The van der Waals surface area contributed by atoms with Crippen molar-refractivity contribution in [2.45, 2.75) is 76.5 Å². The standard InChI is InChI=1S/C48H50N8O6/c1-27(2)40(53-47(59)60)45(57)55-21-7-11-38(55)43-49-26-37(51-43)34-16-15-30-23-29(13-14-31(30)25-34)32-17-19-35-33(24-32)18-20-36-42(35)52-44(50-36)39-12-8-22-56(39)46(58)41(54-48(61)62-3)28-9-5-4-6-10-28/h4-6,9-10,13-17,19,23-27,38-41,53H,7-8,11-12,18,20-22H2,1-3H3,(H,49,51)(H,50,52)(H,54,61)(H,59,60)/t38-,39-,40?,41-/m0/s1. The molecule has 2 aromatic heterocycles. The Morgan fingerprint density at radius 3 is 2.15 bits per heavy atom. The van der Waals surface area contributed by atoms with E-state index in [9.17, 15) is 24.3 Å². The van der Waals surface area contributed by atoms with Gasteiger partial charge in [0, 0.05) is 24.2 Å². The molecule has 9 rings (SSSR count). The second-order valence-corrected chi connectivity index (χ2v) is 16.8. The number of fused-ring (bicyclic) bond motifs is 4. The van der Waals surface area contributed by atoms with Gasteiger partial charge < -0.3 is 40.2 Å². The third-order valence-corrected chi connectivity index (χ3v) is 12.6. The van der Waals surface area contributed by atoms with Gasteiger partial charge in [-0.3, -0.25) is 9.59 Å². The highest BCUT2D eigenvalue weighted by atomic mass is 16.5. The third-order valence-electron chi connectivity index (χ3n) is 12.6. The molecule has 0 spiro atoms. The summed E-state index contributed by atoms with van der Waals surface area (Å²) in [6.45, 7) is 4.79. The molecule has 318 valence electrons. The number of ether oxygens (including phenoxy) is 1. The fraction of sp³-hybridized carbons (Fsp3) is 0.333. The average molecular weight is 835 g/mol. The van der Waals surface area contributed by atoms with Gasteiger partial charge in [-0.1, -0.05) is 86.6 Å². The van der Waals surface area contributed by atoms with Crippen molar-refractivity contribution in [2.75, 3.05) is 20.2 Å². The molecule has 2 saturated heterocycles. The number of carbonyl (C=O) groups is 4. The first-order valence-electron chi connectivity index (χ1n) is 21.4. The van der Waals surface area contributed by atoms with Crippen LogP contribution in [0.25, 0.3) is 44.4 Å². The highest BCUT2D eigenvalue weighted by molar-refractivity contribution is 5.91. The number of amides is 4. The molecule has 1 aliphatic carbocycles. The van der Waals surface area contributed by atoms with E-state index in [1.807, 2.05) is 49.1 Å². The van der Waals surface area contributed by atoms with Crippen LogP contribution in [-0.4, -0.2) is 85.1 Å². The highest BCUT2D eigenvalue weighted by Crippen LogP contribution is 2.40. The summed E-state index contributed by atoms with van der Waals surface area (Å²) in [6, 6.07) is 26.5. The molecule has 5 N–H and O–H groups in total. The lowest BCUT2D eigenvalue weighted by Gasteiger charge is -2.29. The number of nitrogens with one attached hydrogen (secondary N) is 4. The molecule has 4 amide bonds. The van der Waals surface area contributed by atoms with E-state index in [1.165, 1.54) is 12.7 Å². The first kappa shape index (κ1) is 40.4. The molecule has 3 aliphatic rings. The summed E-state index contributed by atoms with van der Waals surface area (Å²) in [5.41, 5.74) is 9.11. The van der Waals surface area contributed by atoms with Crippen molar-refractivity contribution in [3.63, 3.8) is 0 Å². The van der Waals surface area contributed by atoms with Gasteiger partial charge in [0.2, 0.25) is 5.91 Å². The van der Waals surface area contributed by atoms with Crippen molar-refractivity contribution in [1.82, 2.24) is 40.4 Å². The van der Waals surface area contributed by atoms with E-state index in [0.717, 1.165) is 94.5 Å². The molecular weight excluding hydrogens is 785 g/mol. The van der Waals surface area contributed by atoms with Crippen molar-refractivity contribution >= 4 is 34.8 Å². The first-order valence-corrected chi connectivity index (χ1v) is 21.4. The lowest BCUT2D eigenvalue weighted by Crippen LogP contribution is -2.50. The van der Waals surface area contributed by atoms with Crippen LogP contribution < -0.4 is 10.6 Å². The number of rotatable bonds is 10. The number of alkyl carbamates (subject to hydrolysis) is 1. The summed E-state index contributed by atoms with van der Waals surface area (Å²) in [5, 5.41) is 16.7. The molecule has 14 heteroatoms. The summed E-state index contributed by atoms with van der Waals surface area (Å²) >= 11 is 0. The number of carboxylic acid groups (broad SMARTS) is 1. The Kier molecular flexibility index (Phi) is 11.0. The van der Waals surface area contributed by atoms with E-state index >= 15 is 0 Å². The molecule has 6 aromatic rings. The average Bonchev–Trinajstić information content (AvgIpc) is 4.13. The number of hydrogen-bond acceptors (Lipinski definition) is 7. The van der Waals surface area contributed by atoms with Gasteiger partial charge in [0.05, 0.1) is 42.5 Å². The SMILES string of the molecule is COC(=O)N[C@H](C(=O)N1CCC[C@H]1c1nc2c([nH]1)-c1ccc(-c3ccc4cc(-c5cnc([C@@H]6CCCN6C(=O)C(NC(=O)O)C(C)C)[nH]5)ccc4c3)cc1CC2)c1ccccc1. The van der Waals surface area contributed by atoms with Crippen LogP contribution in [0.3, 0.4) is 0 Å². The van der Waals surface area contributed by atoms with E-state index in [-0.39, 0.29) is 29.8 Å². The quantitative estimate of drug-likeness (QED) is 0.0916. The molecule has 2 fully saturated rings. The van der Waals surface area contributed by atoms with E-state index in [2.05, 4.69) is 75.2 Å². The van der Waals surface area contributed by atoms with E-state index in [4.69, 9.17) is 14.7 Å². The number of H-pyrrole nitrogens is 2. The van der Waals surface area contributed by atoms with E-state index in [1.54, 1.807) is 11.1 Å². The number of nitrogens with zero attached hydrogens (tertiary/aromatic N) is 4. The van der Waals surface area contributed by atoms with Crippen LogP contribution >= 0.6 is 0 Å². The van der Waals surface area contributed by atoms with Crippen molar-refractivity contribution in [3.8, 4) is 33.6 Å². The number of likely N-dealkylation sites (tertiary alicyclic amines) is 2. The van der Waals surface area contributed by atoms with Gasteiger partial charge in [0.15, 0.2) is 0 Å². The highest BCUT2D eigenvalue weighted by Gasteiger charge is 2.39. The normalized spacial score (nSPS) is 18.0. The number of imidazole rings is 2. The molecule has 0 saturated carbocycles. The number of methoxy groups -OCH3 is 1.